The SMILES string of the molecule is O=C(Nc1ccc(CN2CCCC2)cc1)C1CCNCC1. The van der Waals surface area contributed by atoms with Crippen LogP contribution in [0.3, 0.4) is 0 Å². The highest BCUT2D eigenvalue weighted by molar-refractivity contribution is 5.92. The maximum absolute atomic E-state index is 12.2. The monoisotopic (exact) mass is 287 g/mol. The summed E-state index contributed by atoms with van der Waals surface area (Å²) in [5, 5.41) is 6.34. The highest BCUT2D eigenvalue weighted by atomic mass is 16.1. The fourth-order valence-electron chi connectivity index (χ4n) is 3.22. The average Bonchev–Trinajstić information content (AvgIpc) is 3.03. The fraction of sp³-hybridized carbons (Fsp3) is 0.588. The van der Waals surface area contributed by atoms with Gasteiger partial charge in [-0.2, -0.15) is 0 Å². The molecule has 114 valence electrons. The van der Waals surface area contributed by atoms with E-state index >= 15 is 0 Å². The lowest BCUT2D eigenvalue weighted by Gasteiger charge is -2.21. The van der Waals surface area contributed by atoms with Gasteiger partial charge in [0, 0.05) is 18.2 Å². The lowest BCUT2D eigenvalue weighted by Crippen LogP contribution is -2.34. The van der Waals surface area contributed by atoms with Gasteiger partial charge in [0.25, 0.3) is 0 Å². The number of piperidine rings is 1. The van der Waals surface area contributed by atoms with Crippen LogP contribution in [0.4, 0.5) is 5.69 Å². The van der Waals surface area contributed by atoms with E-state index in [1.807, 2.05) is 12.1 Å². The van der Waals surface area contributed by atoms with Gasteiger partial charge >= 0.3 is 0 Å². The molecule has 0 aromatic heterocycles. The maximum Gasteiger partial charge on any atom is 0.227 e. The minimum Gasteiger partial charge on any atom is -0.326 e. The first-order chi connectivity index (χ1) is 10.3. The van der Waals surface area contributed by atoms with Crippen molar-refractivity contribution in [3.8, 4) is 0 Å². The molecule has 1 aromatic rings. The molecule has 0 saturated carbocycles. The Bertz CT molecular complexity index is 459. The lowest BCUT2D eigenvalue weighted by atomic mass is 9.97. The van der Waals surface area contributed by atoms with Crippen LogP contribution in [0.5, 0.6) is 0 Å². The smallest absolute Gasteiger partial charge is 0.227 e. The standard InChI is InChI=1S/C17H25N3O/c21-17(15-7-9-18-10-8-15)19-16-5-3-14(4-6-16)13-20-11-1-2-12-20/h3-6,15,18H,1-2,7-13H2,(H,19,21). The van der Waals surface area contributed by atoms with Crippen molar-refractivity contribution in [1.29, 1.82) is 0 Å². The molecule has 0 unspecified atom stereocenters. The van der Waals surface area contributed by atoms with Crippen LogP contribution >= 0.6 is 0 Å². The second kappa shape index (κ2) is 7.05. The van der Waals surface area contributed by atoms with Gasteiger partial charge in [-0.25, -0.2) is 0 Å². The first kappa shape index (κ1) is 14.5. The Kier molecular flexibility index (Phi) is 4.88. The van der Waals surface area contributed by atoms with Crippen molar-refractivity contribution in [3.63, 3.8) is 0 Å². The van der Waals surface area contributed by atoms with Gasteiger partial charge in [-0.3, -0.25) is 9.69 Å². The van der Waals surface area contributed by atoms with Crippen LogP contribution in [0.25, 0.3) is 0 Å². The minimum absolute atomic E-state index is 0.163. The molecule has 2 aliphatic rings. The third-order valence-corrected chi connectivity index (χ3v) is 4.54. The third-order valence-electron chi connectivity index (χ3n) is 4.54. The third kappa shape index (κ3) is 4.05. The van der Waals surface area contributed by atoms with Crippen molar-refractivity contribution in [1.82, 2.24) is 10.2 Å². The molecule has 0 radical (unpaired) electrons. The van der Waals surface area contributed by atoms with E-state index in [9.17, 15) is 4.79 Å². The molecule has 4 nitrogen and oxygen atoms in total. The summed E-state index contributed by atoms with van der Waals surface area (Å²) in [6.45, 7) is 5.37. The summed E-state index contributed by atoms with van der Waals surface area (Å²) in [5.41, 5.74) is 2.25. The number of hydrogen-bond acceptors (Lipinski definition) is 3. The van der Waals surface area contributed by atoms with Crippen molar-refractivity contribution >= 4 is 11.6 Å². The number of nitrogens with zero attached hydrogens (tertiary/aromatic N) is 1. The van der Waals surface area contributed by atoms with Crippen molar-refractivity contribution in [2.45, 2.75) is 32.2 Å². The Hall–Kier alpha value is -1.39. The molecule has 0 spiro atoms. The van der Waals surface area contributed by atoms with E-state index in [4.69, 9.17) is 0 Å². The van der Waals surface area contributed by atoms with Crippen LogP contribution in [-0.4, -0.2) is 37.0 Å². The second-order valence-electron chi connectivity index (χ2n) is 6.19. The summed E-state index contributed by atoms with van der Waals surface area (Å²) in [7, 11) is 0. The zero-order valence-corrected chi connectivity index (χ0v) is 12.6. The molecule has 2 aliphatic heterocycles. The first-order valence-electron chi connectivity index (χ1n) is 8.14. The van der Waals surface area contributed by atoms with Crippen molar-refractivity contribution in [2.75, 3.05) is 31.5 Å². The molecule has 4 heteroatoms. The molecule has 2 N–H and O–H groups in total. The first-order valence-corrected chi connectivity index (χ1v) is 8.14. The highest BCUT2D eigenvalue weighted by Crippen LogP contribution is 2.18. The number of carbonyl (C=O) groups excluding carboxylic acids is 1. The summed E-state index contributed by atoms with van der Waals surface area (Å²) in [6, 6.07) is 8.33. The molecular formula is C17H25N3O. The predicted molar refractivity (Wildman–Crippen MR) is 85.2 cm³/mol. The van der Waals surface area contributed by atoms with Gasteiger partial charge in [0.2, 0.25) is 5.91 Å². The number of rotatable bonds is 4. The van der Waals surface area contributed by atoms with E-state index in [0.29, 0.717) is 0 Å². The summed E-state index contributed by atoms with van der Waals surface area (Å²) < 4.78 is 0. The Morgan fingerprint density at radius 3 is 2.48 bits per heavy atom. The van der Waals surface area contributed by atoms with E-state index < -0.39 is 0 Å². The zero-order valence-electron chi connectivity index (χ0n) is 12.6. The van der Waals surface area contributed by atoms with Crippen LogP contribution in [-0.2, 0) is 11.3 Å². The topological polar surface area (TPSA) is 44.4 Å². The number of hydrogen-bond donors (Lipinski definition) is 2. The fourth-order valence-corrected chi connectivity index (χ4v) is 3.22. The van der Waals surface area contributed by atoms with Gasteiger partial charge in [0.15, 0.2) is 0 Å². The summed E-state index contributed by atoms with van der Waals surface area (Å²) in [4.78, 5) is 14.7. The van der Waals surface area contributed by atoms with Crippen molar-refractivity contribution in [2.24, 2.45) is 5.92 Å². The zero-order chi connectivity index (χ0) is 14.5. The predicted octanol–water partition coefficient (Wildman–Crippen LogP) is 2.22. The number of anilines is 1. The molecule has 0 bridgehead atoms. The molecule has 1 amide bonds. The summed E-state index contributed by atoms with van der Waals surface area (Å²) in [5.74, 6) is 0.333. The second-order valence-corrected chi connectivity index (χ2v) is 6.19. The van der Waals surface area contributed by atoms with Gasteiger partial charge in [-0.05, 0) is 69.6 Å². The highest BCUT2D eigenvalue weighted by Gasteiger charge is 2.20. The molecule has 2 saturated heterocycles. The van der Waals surface area contributed by atoms with Gasteiger partial charge in [-0.1, -0.05) is 12.1 Å². The molecule has 0 atom stereocenters. The van der Waals surface area contributed by atoms with Crippen LogP contribution in [0.15, 0.2) is 24.3 Å². The normalized spacial score (nSPS) is 20.6. The number of likely N-dealkylation sites (tertiary alicyclic amines) is 1. The van der Waals surface area contributed by atoms with Crippen LogP contribution in [0.2, 0.25) is 0 Å². The Morgan fingerprint density at radius 2 is 1.81 bits per heavy atom. The van der Waals surface area contributed by atoms with Crippen LogP contribution in [0.1, 0.15) is 31.2 Å². The van der Waals surface area contributed by atoms with Gasteiger partial charge in [0.05, 0.1) is 0 Å². The number of nitrogens with one attached hydrogen (secondary N) is 2. The van der Waals surface area contributed by atoms with Crippen LogP contribution in [0, 0.1) is 5.92 Å². The summed E-state index contributed by atoms with van der Waals surface area (Å²) in [6.07, 6.45) is 4.53. The molecule has 1 aromatic carbocycles. The van der Waals surface area contributed by atoms with Gasteiger partial charge in [0.1, 0.15) is 0 Å². The van der Waals surface area contributed by atoms with E-state index in [1.165, 1.54) is 31.5 Å². The largest absolute Gasteiger partial charge is 0.326 e. The molecule has 2 heterocycles. The Labute approximate surface area is 126 Å². The Morgan fingerprint density at radius 1 is 1.14 bits per heavy atom. The quantitative estimate of drug-likeness (QED) is 0.892. The Balaban J connectivity index is 1.52. The molecule has 21 heavy (non-hydrogen) atoms. The minimum atomic E-state index is 0.163. The van der Waals surface area contributed by atoms with Crippen molar-refractivity contribution in [3.05, 3.63) is 29.8 Å². The molecule has 0 aliphatic carbocycles. The van der Waals surface area contributed by atoms with E-state index in [1.54, 1.807) is 0 Å². The number of benzene rings is 1. The van der Waals surface area contributed by atoms with E-state index in [-0.39, 0.29) is 11.8 Å². The molecular weight excluding hydrogens is 262 g/mol. The number of amides is 1. The maximum atomic E-state index is 12.2. The molecule has 3 rings (SSSR count). The lowest BCUT2D eigenvalue weighted by molar-refractivity contribution is -0.120. The average molecular weight is 287 g/mol. The molecule has 2 fully saturated rings. The number of carbonyl (C=O) groups is 1. The summed E-state index contributed by atoms with van der Waals surface area (Å²) >= 11 is 0. The van der Waals surface area contributed by atoms with E-state index in [0.717, 1.165) is 38.2 Å². The van der Waals surface area contributed by atoms with Gasteiger partial charge < -0.3 is 10.6 Å². The van der Waals surface area contributed by atoms with Gasteiger partial charge in [-0.15, -0.1) is 0 Å². The van der Waals surface area contributed by atoms with Crippen molar-refractivity contribution < 1.29 is 4.79 Å². The van der Waals surface area contributed by atoms with Crippen LogP contribution < -0.4 is 10.6 Å². The van der Waals surface area contributed by atoms with E-state index in [2.05, 4.69) is 27.7 Å².